The van der Waals surface area contributed by atoms with Crippen molar-refractivity contribution in [3.8, 4) is 10.6 Å². The van der Waals surface area contributed by atoms with Crippen LogP contribution in [0, 0.1) is 0 Å². The first-order chi connectivity index (χ1) is 6.77. The van der Waals surface area contributed by atoms with Gasteiger partial charge in [0, 0.05) is 5.56 Å². The van der Waals surface area contributed by atoms with Gasteiger partial charge in [-0.25, -0.2) is 9.78 Å². The minimum atomic E-state index is -0.922. The highest BCUT2D eigenvalue weighted by Gasteiger charge is 2.04. The third-order valence-corrected chi connectivity index (χ3v) is 2.45. The second-order valence-electron chi connectivity index (χ2n) is 2.63. The highest BCUT2D eigenvalue weighted by atomic mass is 32.1. The summed E-state index contributed by atoms with van der Waals surface area (Å²) >= 11 is 1.28. The van der Waals surface area contributed by atoms with Crippen molar-refractivity contribution in [3.05, 3.63) is 36.2 Å². The molecule has 0 aliphatic rings. The lowest BCUT2D eigenvalue weighted by atomic mass is 10.1. The Morgan fingerprint density at radius 3 is 2.50 bits per heavy atom. The molecule has 0 saturated heterocycles. The van der Waals surface area contributed by atoms with Crippen molar-refractivity contribution in [3.63, 3.8) is 0 Å². The Kier molecular flexibility index (Phi) is 2.24. The van der Waals surface area contributed by atoms with E-state index in [0.717, 1.165) is 10.6 Å². The van der Waals surface area contributed by atoms with Crippen LogP contribution in [0.1, 0.15) is 10.4 Å². The number of aromatic nitrogens is 2. The molecule has 5 heteroatoms. The van der Waals surface area contributed by atoms with E-state index in [0.29, 0.717) is 0 Å². The Morgan fingerprint density at radius 2 is 2.00 bits per heavy atom. The molecule has 0 aliphatic carbocycles. The number of carbonyl (C=O) groups is 1. The van der Waals surface area contributed by atoms with Crippen molar-refractivity contribution in [2.75, 3.05) is 0 Å². The molecular weight excluding hydrogens is 200 g/mol. The lowest BCUT2D eigenvalue weighted by Crippen LogP contribution is -1.94. The van der Waals surface area contributed by atoms with Crippen molar-refractivity contribution in [2.45, 2.75) is 0 Å². The summed E-state index contributed by atoms with van der Waals surface area (Å²) in [6, 6.07) is 6.56. The first-order valence-electron chi connectivity index (χ1n) is 3.88. The number of rotatable bonds is 2. The second-order valence-corrected chi connectivity index (χ2v) is 3.41. The van der Waals surface area contributed by atoms with Crippen LogP contribution in [-0.2, 0) is 0 Å². The van der Waals surface area contributed by atoms with Gasteiger partial charge in [-0.05, 0) is 23.7 Å². The summed E-state index contributed by atoms with van der Waals surface area (Å²) < 4.78 is 3.87. The topological polar surface area (TPSA) is 63.1 Å². The third-order valence-electron chi connectivity index (χ3n) is 1.74. The van der Waals surface area contributed by atoms with Crippen molar-refractivity contribution < 1.29 is 9.90 Å². The van der Waals surface area contributed by atoms with Crippen molar-refractivity contribution in [1.29, 1.82) is 0 Å². The molecule has 0 radical (unpaired) electrons. The zero-order valence-corrected chi connectivity index (χ0v) is 7.86. The van der Waals surface area contributed by atoms with E-state index in [9.17, 15) is 4.79 Å². The Labute approximate surface area is 84.0 Å². The number of nitrogens with zero attached hydrogens (tertiary/aromatic N) is 2. The molecule has 0 atom stereocenters. The standard InChI is InChI=1S/C9H6N2O2S/c12-9(13)7-3-1-6(2-4-7)8-10-5-11-14-8/h1-5H,(H,12,13). The van der Waals surface area contributed by atoms with E-state index < -0.39 is 5.97 Å². The number of hydrogen-bond donors (Lipinski definition) is 1. The minimum Gasteiger partial charge on any atom is -0.478 e. The molecule has 2 aromatic rings. The summed E-state index contributed by atoms with van der Waals surface area (Å²) in [6.45, 7) is 0. The number of benzene rings is 1. The van der Waals surface area contributed by atoms with Gasteiger partial charge in [0.2, 0.25) is 0 Å². The van der Waals surface area contributed by atoms with E-state index >= 15 is 0 Å². The molecule has 1 aromatic carbocycles. The summed E-state index contributed by atoms with van der Waals surface area (Å²) in [5.41, 5.74) is 1.16. The van der Waals surface area contributed by atoms with E-state index in [1.54, 1.807) is 24.3 Å². The van der Waals surface area contributed by atoms with Gasteiger partial charge in [0.15, 0.2) is 0 Å². The molecule has 70 valence electrons. The van der Waals surface area contributed by atoms with Crippen LogP contribution in [-0.4, -0.2) is 20.4 Å². The van der Waals surface area contributed by atoms with Crippen LogP contribution in [0.2, 0.25) is 0 Å². The maximum absolute atomic E-state index is 10.6. The first-order valence-corrected chi connectivity index (χ1v) is 4.65. The Balaban J connectivity index is 2.36. The number of carboxylic acid groups (broad SMARTS) is 1. The van der Waals surface area contributed by atoms with E-state index in [1.807, 2.05) is 0 Å². The molecule has 0 spiro atoms. The van der Waals surface area contributed by atoms with Crippen LogP contribution in [0.3, 0.4) is 0 Å². The fourth-order valence-electron chi connectivity index (χ4n) is 1.06. The molecule has 0 bridgehead atoms. The lowest BCUT2D eigenvalue weighted by molar-refractivity contribution is 0.0697. The monoisotopic (exact) mass is 206 g/mol. The lowest BCUT2D eigenvalue weighted by Gasteiger charge is -1.96. The van der Waals surface area contributed by atoms with Crippen LogP contribution in [0.15, 0.2) is 30.6 Å². The predicted octanol–water partition coefficient (Wildman–Crippen LogP) is 1.90. The maximum atomic E-state index is 10.6. The molecule has 0 saturated carbocycles. The van der Waals surface area contributed by atoms with E-state index in [2.05, 4.69) is 9.36 Å². The number of carboxylic acids is 1. The van der Waals surface area contributed by atoms with Gasteiger partial charge in [-0.3, -0.25) is 0 Å². The van der Waals surface area contributed by atoms with Gasteiger partial charge in [0.05, 0.1) is 5.56 Å². The van der Waals surface area contributed by atoms with Crippen molar-refractivity contribution in [1.82, 2.24) is 9.36 Å². The fourth-order valence-corrected chi connectivity index (χ4v) is 1.59. The van der Waals surface area contributed by atoms with Crippen molar-refractivity contribution >= 4 is 17.5 Å². The van der Waals surface area contributed by atoms with Crippen LogP contribution in [0.25, 0.3) is 10.6 Å². The largest absolute Gasteiger partial charge is 0.478 e. The Bertz CT molecular complexity index is 436. The van der Waals surface area contributed by atoms with Crippen LogP contribution < -0.4 is 0 Å². The maximum Gasteiger partial charge on any atom is 0.335 e. The minimum absolute atomic E-state index is 0.276. The summed E-state index contributed by atoms with van der Waals surface area (Å²) in [7, 11) is 0. The van der Waals surface area contributed by atoms with Gasteiger partial charge in [0.1, 0.15) is 11.3 Å². The molecule has 4 nitrogen and oxygen atoms in total. The molecule has 1 aromatic heterocycles. The zero-order chi connectivity index (χ0) is 9.97. The molecule has 0 amide bonds. The van der Waals surface area contributed by atoms with E-state index in [4.69, 9.17) is 5.11 Å². The third kappa shape index (κ3) is 1.62. The van der Waals surface area contributed by atoms with Crippen LogP contribution in [0.5, 0.6) is 0 Å². The normalized spacial score (nSPS) is 10.0. The average molecular weight is 206 g/mol. The first kappa shape index (κ1) is 8.83. The molecule has 0 unspecified atom stereocenters. The zero-order valence-electron chi connectivity index (χ0n) is 7.04. The summed E-state index contributed by atoms with van der Waals surface area (Å²) in [4.78, 5) is 14.6. The van der Waals surface area contributed by atoms with E-state index in [1.165, 1.54) is 17.9 Å². The summed E-state index contributed by atoms with van der Waals surface area (Å²) in [5, 5.41) is 9.47. The van der Waals surface area contributed by atoms with Gasteiger partial charge in [-0.15, -0.1) is 0 Å². The number of hydrogen-bond acceptors (Lipinski definition) is 4. The number of aromatic carboxylic acids is 1. The summed E-state index contributed by atoms with van der Waals surface area (Å²) in [5.74, 6) is -0.922. The van der Waals surface area contributed by atoms with Gasteiger partial charge < -0.3 is 5.11 Å². The Morgan fingerprint density at radius 1 is 1.29 bits per heavy atom. The second kappa shape index (κ2) is 3.55. The Hall–Kier alpha value is -1.75. The SMILES string of the molecule is O=C(O)c1ccc(-c2ncns2)cc1. The van der Waals surface area contributed by atoms with Crippen LogP contribution >= 0.6 is 11.5 Å². The molecular formula is C9H6N2O2S. The van der Waals surface area contributed by atoms with Gasteiger partial charge in [0.25, 0.3) is 0 Å². The molecule has 14 heavy (non-hydrogen) atoms. The van der Waals surface area contributed by atoms with Gasteiger partial charge >= 0.3 is 5.97 Å². The molecule has 2 rings (SSSR count). The highest BCUT2D eigenvalue weighted by Crippen LogP contribution is 2.19. The van der Waals surface area contributed by atoms with E-state index in [-0.39, 0.29) is 5.56 Å². The summed E-state index contributed by atoms with van der Waals surface area (Å²) in [6.07, 6.45) is 1.48. The van der Waals surface area contributed by atoms with Crippen LogP contribution in [0.4, 0.5) is 0 Å². The quantitative estimate of drug-likeness (QED) is 0.815. The molecule has 0 aliphatic heterocycles. The molecule has 0 fully saturated rings. The smallest absolute Gasteiger partial charge is 0.335 e. The highest BCUT2D eigenvalue weighted by molar-refractivity contribution is 7.09. The molecule has 1 N–H and O–H groups in total. The van der Waals surface area contributed by atoms with Gasteiger partial charge in [-0.2, -0.15) is 4.37 Å². The average Bonchev–Trinajstić information content (AvgIpc) is 2.71. The van der Waals surface area contributed by atoms with Gasteiger partial charge in [-0.1, -0.05) is 12.1 Å². The predicted molar refractivity (Wildman–Crippen MR) is 52.3 cm³/mol. The van der Waals surface area contributed by atoms with Crippen molar-refractivity contribution in [2.24, 2.45) is 0 Å². The fraction of sp³-hybridized carbons (Fsp3) is 0. The molecule has 1 heterocycles.